The molecule has 0 unspecified atom stereocenters. The second-order valence-electron chi connectivity index (χ2n) is 8.45. The first-order chi connectivity index (χ1) is 17.1. The first kappa shape index (κ1) is 29.0. The third-order valence-electron chi connectivity index (χ3n) is 5.82. The molecule has 2 amide bonds. The van der Waals surface area contributed by atoms with Gasteiger partial charge in [-0.1, -0.05) is 43.7 Å². The summed E-state index contributed by atoms with van der Waals surface area (Å²) in [6.45, 7) is 4.00. The predicted octanol–water partition coefficient (Wildman–Crippen LogP) is 2.85. The zero-order chi connectivity index (χ0) is 26.7. The summed E-state index contributed by atoms with van der Waals surface area (Å²) in [7, 11) is -0.908. The van der Waals surface area contributed by atoms with Gasteiger partial charge in [-0.3, -0.25) is 13.9 Å². The summed E-state index contributed by atoms with van der Waals surface area (Å²) in [5.74, 6) is 0.00903. The number of rotatable bonds is 14. The van der Waals surface area contributed by atoms with Crippen LogP contribution in [0.3, 0.4) is 0 Å². The normalized spacial score (nSPS) is 11.9. The maximum absolute atomic E-state index is 13.5. The van der Waals surface area contributed by atoms with E-state index in [1.165, 1.54) is 25.2 Å². The standard InChI is InChI=1S/C26H37N3O6S/c1-6-7-16-27-26(31)20(2)28(17-15-21-11-9-8-10-12-21)25(30)19-29(36(5,32)33)22-13-14-23(34-3)24(18-22)35-4/h8-14,18,20H,6-7,15-17,19H2,1-5H3,(H,27,31)/t20-/m1/s1. The number of methoxy groups -OCH3 is 2. The van der Waals surface area contributed by atoms with E-state index in [-0.39, 0.29) is 18.1 Å². The van der Waals surface area contributed by atoms with Gasteiger partial charge < -0.3 is 19.7 Å². The summed E-state index contributed by atoms with van der Waals surface area (Å²) in [6, 6.07) is 13.5. The minimum atomic E-state index is -3.83. The minimum absolute atomic E-state index is 0.256. The molecule has 0 aromatic heterocycles. The van der Waals surface area contributed by atoms with Crippen molar-refractivity contribution in [1.82, 2.24) is 10.2 Å². The molecular formula is C26H37N3O6S. The average Bonchev–Trinajstić information content (AvgIpc) is 2.86. The molecule has 1 atom stereocenters. The number of hydrogen-bond donors (Lipinski definition) is 1. The fourth-order valence-corrected chi connectivity index (χ4v) is 4.54. The molecule has 0 radical (unpaired) electrons. The van der Waals surface area contributed by atoms with E-state index >= 15 is 0 Å². The van der Waals surface area contributed by atoms with Crippen LogP contribution in [0.4, 0.5) is 5.69 Å². The topological polar surface area (TPSA) is 105 Å². The van der Waals surface area contributed by atoms with E-state index < -0.39 is 28.5 Å². The molecule has 2 rings (SSSR count). The second-order valence-corrected chi connectivity index (χ2v) is 10.4. The number of unbranched alkanes of at least 4 members (excludes halogenated alkanes) is 1. The van der Waals surface area contributed by atoms with Gasteiger partial charge in [0.05, 0.1) is 26.2 Å². The van der Waals surface area contributed by atoms with Crippen molar-refractivity contribution in [2.45, 2.75) is 39.2 Å². The third kappa shape index (κ3) is 8.15. The van der Waals surface area contributed by atoms with Gasteiger partial charge in [0.1, 0.15) is 12.6 Å². The Morgan fingerprint density at radius 1 is 1.03 bits per heavy atom. The maximum atomic E-state index is 13.5. The second kappa shape index (κ2) is 13.7. The van der Waals surface area contributed by atoms with Gasteiger partial charge in [-0.2, -0.15) is 0 Å². The summed E-state index contributed by atoms with van der Waals surface area (Å²) >= 11 is 0. The van der Waals surface area contributed by atoms with Crippen molar-refractivity contribution in [2.24, 2.45) is 0 Å². The Bertz CT molecular complexity index is 1110. The first-order valence-corrected chi connectivity index (χ1v) is 13.8. The SMILES string of the molecule is CCCCNC(=O)[C@@H](C)N(CCc1ccccc1)C(=O)CN(c1ccc(OC)c(OC)c1)S(C)(=O)=O. The molecule has 0 aliphatic rings. The van der Waals surface area contributed by atoms with E-state index in [2.05, 4.69) is 5.32 Å². The molecule has 1 N–H and O–H groups in total. The molecule has 36 heavy (non-hydrogen) atoms. The molecule has 0 heterocycles. The average molecular weight is 520 g/mol. The molecule has 2 aromatic rings. The van der Waals surface area contributed by atoms with Crippen LogP contribution in [0.5, 0.6) is 11.5 Å². The molecular weight excluding hydrogens is 482 g/mol. The largest absolute Gasteiger partial charge is 0.493 e. The first-order valence-electron chi connectivity index (χ1n) is 11.9. The molecule has 0 spiro atoms. The molecule has 9 nitrogen and oxygen atoms in total. The summed E-state index contributed by atoms with van der Waals surface area (Å²) in [4.78, 5) is 27.8. The van der Waals surface area contributed by atoms with Crippen LogP contribution in [-0.4, -0.2) is 71.3 Å². The van der Waals surface area contributed by atoms with Crippen molar-refractivity contribution in [3.05, 3.63) is 54.1 Å². The Morgan fingerprint density at radius 2 is 1.69 bits per heavy atom. The van der Waals surface area contributed by atoms with Crippen LogP contribution in [0.2, 0.25) is 0 Å². The summed E-state index contributed by atoms with van der Waals surface area (Å²) in [5.41, 5.74) is 1.26. The highest BCUT2D eigenvalue weighted by Gasteiger charge is 2.30. The van der Waals surface area contributed by atoms with E-state index in [4.69, 9.17) is 9.47 Å². The third-order valence-corrected chi connectivity index (χ3v) is 6.96. The van der Waals surface area contributed by atoms with Gasteiger partial charge >= 0.3 is 0 Å². The lowest BCUT2D eigenvalue weighted by Crippen LogP contribution is -2.52. The Morgan fingerprint density at radius 3 is 2.28 bits per heavy atom. The Balaban J connectivity index is 2.33. The number of ether oxygens (including phenoxy) is 2. The van der Waals surface area contributed by atoms with Crippen molar-refractivity contribution in [3.8, 4) is 11.5 Å². The van der Waals surface area contributed by atoms with Gasteiger partial charge in [0.15, 0.2) is 11.5 Å². The summed E-state index contributed by atoms with van der Waals surface area (Å²) in [5, 5.41) is 2.86. The molecule has 2 aromatic carbocycles. The van der Waals surface area contributed by atoms with Crippen LogP contribution in [0, 0.1) is 0 Å². The highest BCUT2D eigenvalue weighted by molar-refractivity contribution is 7.92. The lowest BCUT2D eigenvalue weighted by molar-refractivity contribution is -0.138. The van der Waals surface area contributed by atoms with Crippen LogP contribution in [0.1, 0.15) is 32.3 Å². The smallest absolute Gasteiger partial charge is 0.244 e. The van der Waals surface area contributed by atoms with Crippen LogP contribution >= 0.6 is 0 Å². The maximum Gasteiger partial charge on any atom is 0.244 e. The molecule has 0 bridgehead atoms. The van der Waals surface area contributed by atoms with Crippen LogP contribution in [0.25, 0.3) is 0 Å². The molecule has 10 heteroatoms. The number of nitrogens with zero attached hydrogens (tertiary/aromatic N) is 2. The van der Waals surface area contributed by atoms with E-state index in [0.717, 1.165) is 29.0 Å². The van der Waals surface area contributed by atoms with E-state index in [9.17, 15) is 18.0 Å². The van der Waals surface area contributed by atoms with Gasteiger partial charge in [-0.25, -0.2) is 8.42 Å². The Kier molecular flexibility index (Phi) is 11.0. The number of carbonyl (C=O) groups is 2. The van der Waals surface area contributed by atoms with Crippen LogP contribution < -0.4 is 19.1 Å². The molecule has 0 aliphatic carbocycles. The number of hydrogen-bond acceptors (Lipinski definition) is 6. The van der Waals surface area contributed by atoms with Gasteiger partial charge in [-0.05, 0) is 37.5 Å². The van der Waals surface area contributed by atoms with Crippen molar-refractivity contribution in [3.63, 3.8) is 0 Å². The van der Waals surface area contributed by atoms with Crippen molar-refractivity contribution >= 4 is 27.5 Å². The quantitative estimate of drug-likeness (QED) is 0.385. The van der Waals surface area contributed by atoms with Gasteiger partial charge in [0, 0.05) is 19.2 Å². The lowest BCUT2D eigenvalue weighted by Gasteiger charge is -2.31. The van der Waals surface area contributed by atoms with Crippen molar-refractivity contribution in [1.29, 1.82) is 0 Å². The van der Waals surface area contributed by atoms with Gasteiger partial charge in [-0.15, -0.1) is 0 Å². The highest BCUT2D eigenvalue weighted by Crippen LogP contribution is 2.32. The predicted molar refractivity (Wildman–Crippen MR) is 141 cm³/mol. The molecule has 198 valence electrons. The van der Waals surface area contributed by atoms with E-state index in [1.54, 1.807) is 19.1 Å². The van der Waals surface area contributed by atoms with E-state index in [1.807, 2.05) is 37.3 Å². The molecule has 0 saturated heterocycles. The molecule has 0 aliphatic heterocycles. The zero-order valence-corrected chi connectivity index (χ0v) is 22.5. The number of sulfonamides is 1. The number of carbonyl (C=O) groups excluding carboxylic acids is 2. The van der Waals surface area contributed by atoms with Gasteiger partial charge in [0.2, 0.25) is 21.8 Å². The molecule has 0 saturated carbocycles. The molecule has 0 fully saturated rings. The van der Waals surface area contributed by atoms with Crippen LogP contribution in [-0.2, 0) is 26.0 Å². The van der Waals surface area contributed by atoms with Gasteiger partial charge in [0.25, 0.3) is 0 Å². The van der Waals surface area contributed by atoms with Crippen molar-refractivity contribution < 1.29 is 27.5 Å². The number of amides is 2. The fraction of sp³-hybridized carbons (Fsp3) is 0.462. The highest BCUT2D eigenvalue weighted by atomic mass is 32.2. The monoisotopic (exact) mass is 519 g/mol. The number of nitrogens with one attached hydrogen (secondary N) is 1. The zero-order valence-electron chi connectivity index (χ0n) is 21.7. The summed E-state index contributed by atoms with van der Waals surface area (Å²) in [6.07, 6.45) is 3.32. The Labute approximate surface area is 214 Å². The number of benzene rings is 2. The number of anilines is 1. The van der Waals surface area contributed by atoms with E-state index in [0.29, 0.717) is 24.5 Å². The minimum Gasteiger partial charge on any atom is -0.493 e. The van der Waals surface area contributed by atoms with Crippen molar-refractivity contribution in [2.75, 3.05) is 44.4 Å². The Hall–Kier alpha value is -3.27. The lowest BCUT2D eigenvalue weighted by atomic mass is 10.1. The fourth-order valence-electron chi connectivity index (χ4n) is 3.70. The van der Waals surface area contributed by atoms with Crippen LogP contribution in [0.15, 0.2) is 48.5 Å². The summed E-state index contributed by atoms with van der Waals surface area (Å²) < 4.78 is 37.0.